The molecule has 0 bridgehead atoms. The number of aromatic nitrogens is 4. The minimum Gasteiger partial charge on any atom is -0.419 e. The Labute approximate surface area is 194 Å². The Balaban J connectivity index is 1.45. The van der Waals surface area contributed by atoms with E-state index in [9.17, 15) is 4.79 Å². The third kappa shape index (κ3) is 4.42. The summed E-state index contributed by atoms with van der Waals surface area (Å²) in [6.07, 6.45) is 7.98. The largest absolute Gasteiger partial charge is 0.419 e. The summed E-state index contributed by atoms with van der Waals surface area (Å²) in [5.74, 6) is 1.05. The van der Waals surface area contributed by atoms with Crippen LogP contribution < -0.4 is 5.56 Å². The summed E-state index contributed by atoms with van der Waals surface area (Å²) in [5.41, 5.74) is 2.16. The summed E-state index contributed by atoms with van der Waals surface area (Å²) in [4.78, 5) is 19.1. The average Bonchev–Trinajstić information content (AvgIpc) is 3.52. The van der Waals surface area contributed by atoms with E-state index in [-0.39, 0.29) is 10.8 Å². The van der Waals surface area contributed by atoms with Crippen LogP contribution in [-0.2, 0) is 6.54 Å². The molecule has 1 aliphatic carbocycles. The maximum Gasteiger partial charge on any atom is 0.262 e. The summed E-state index contributed by atoms with van der Waals surface area (Å²) in [6.45, 7) is 2.63. The van der Waals surface area contributed by atoms with Gasteiger partial charge in [-0.1, -0.05) is 41.6 Å². The van der Waals surface area contributed by atoms with Gasteiger partial charge in [-0.15, -0.1) is 21.5 Å². The van der Waals surface area contributed by atoms with Gasteiger partial charge in [0.15, 0.2) is 5.16 Å². The van der Waals surface area contributed by atoms with Crippen LogP contribution >= 0.6 is 23.1 Å². The van der Waals surface area contributed by atoms with Crippen LogP contribution in [0.25, 0.3) is 21.7 Å². The van der Waals surface area contributed by atoms with Gasteiger partial charge in [-0.3, -0.25) is 9.36 Å². The lowest BCUT2D eigenvalue weighted by molar-refractivity contribution is 0.508. The Morgan fingerprint density at radius 1 is 1.19 bits per heavy atom. The second kappa shape index (κ2) is 9.42. The Morgan fingerprint density at radius 3 is 2.91 bits per heavy atom. The standard InChI is InChI=1S/C24H24N4O2S2/c1-16(21-26-27-22(30-21)20-12-7-15-31-20)32-24-25-19-11-6-5-10-18(19)23(29)28(24)14-13-17-8-3-2-4-9-17/h5-8,10-12,15-16H,2-4,9,13-14H2,1H3. The summed E-state index contributed by atoms with van der Waals surface area (Å²) >= 11 is 3.05. The van der Waals surface area contributed by atoms with Crippen LogP contribution in [0.3, 0.4) is 0 Å². The zero-order valence-corrected chi connectivity index (χ0v) is 19.5. The van der Waals surface area contributed by atoms with Gasteiger partial charge < -0.3 is 4.42 Å². The van der Waals surface area contributed by atoms with Crippen molar-refractivity contribution in [2.75, 3.05) is 0 Å². The molecule has 0 radical (unpaired) electrons. The second-order valence-electron chi connectivity index (χ2n) is 7.91. The van der Waals surface area contributed by atoms with E-state index in [1.54, 1.807) is 11.3 Å². The van der Waals surface area contributed by atoms with Gasteiger partial charge >= 0.3 is 0 Å². The van der Waals surface area contributed by atoms with E-state index >= 15 is 0 Å². The second-order valence-corrected chi connectivity index (χ2v) is 10.2. The molecule has 0 N–H and O–H groups in total. The van der Waals surface area contributed by atoms with Crippen LogP contribution in [-0.4, -0.2) is 19.7 Å². The molecule has 0 saturated carbocycles. The molecule has 1 unspecified atom stereocenters. The minimum absolute atomic E-state index is 0.00603. The number of para-hydroxylation sites is 1. The third-order valence-corrected chi connectivity index (χ3v) is 7.61. The first-order chi connectivity index (χ1) is 15.7. The molecule has 1 aliphatic rings. The molecule has 164 valence electrons. The predicted octanol–water partition coefficient (Wildman–Crippen LogP) is 6.25. The molecule has 3 heterocycles. The van der Waals surface area contributed by atoms with E-state index in [2.05, 4.69) is 16.3 Å². The number of hydrogen-bond acceptors (Lipinski definition) is 7. The molecule has 4 aromatic rings. The lowest BCUT2D eigenvalue weighted by Gasteiger charge is -2.17. The molecule has 0 spiro atoms. The molecule has 0 saturated heterocycles. The molecular weight excluding hydrogens is 440 g/mol. The SMILES string of the molecule is CC(Sc1nc2ccccc2c(=O)n1CCC1=CCCCC1)c1nnc(-c2cccs2)o1. The van der Waals surface area contributed by atoms with E-state index in [4.69, 9.17) is 9.40 Å². The Hall–Kier alpha value is -2.71. The van der Waals surface area contributed by atoms with Crippen LogP contribution in [0.5, 0.6) is 0 Å². The summed E-state index contributed by atoms with van der Waals surface area (Å²) in [5, 5.41) is 11.6. The normalized spacial score (nSPS) is 15.1. The summed E-state index contributed by atoms with van der Waals surface area (Å²) < 4.78 is 7.73. The molecule has 5 rings (SSSR count). The van der Waals surface area contributed by atoms with Crippen molar-refractivity contribution in [3.05, 3.63) is 69.7 Å². The molecule has 3 aromatic heterocycles. The van der Waals surface area contributed by atoms with Crippen molar-refractivity contribution in [2.24, 2.45) is 0 Å². The quantitative estimate of drug-likeness (QED) is 0.183. The van der Waals surface area contributed by atoms with Crippen LogP contribution in [0.2, 0.25) is 0 Å². The maximum atomic E-state index is 13.3. The fourth-order valence-electron chi connectivity index (χ4n) is 3.93. The van der Waals surface area contributed by atoms with Crippen molar-refractivity contribution in [3.63, 3.8) is 0 Å². The highest BCUT2D eigenvalue weighted by atomic mass is 32.2. The van der Waals surface area contributed by atoms with Crippen LogP contribution in [0.15, 0.2) is 67.8 Å². The van der Waals surface area contributed by atoms with Crippen molar-refractivity contribution in [3.8, 4) is 10.8 Å². The molecular formula is C24H24N4O2S2. The van der Waals surface area contributed by atoms with Gasteiger partial charge in [0.2, 0.25) is 5.89 Å². The molecule has 6 nitrogen and oxygen atoms in total. The molecule has 0 fully saturated rings. The average molecular weight is 465 g/mol. The van der Waals surface area contributed by atoms with Crippen LogP contribution in [0.4, 0.5) is 0 Å². The summed E-state index contributed by atoms with van der Waals surface area (Å²) in [6, 6.07) is 11.5. The first-order valence-corrected chi connectivity index (χ1v) is 12.7. The molecule has 0 aliphatic heterocycles. The zero-order valence-electron chi connectivity index (χ0n) is 17.9. The number of benzene rings is 1. The fraction of sp³-hybridized carbons (Fsp3) is 0.333. The van der Waals surface area contributed by atoms with E-state index in [0.717, 1.165) is 24.1 Å². The first-order valence-electron chi connectivity index (χ1n) is 10.9. The van der Waals surface area contributed by atoms with Gasteiger partial charge in [0.1, 0.15) is 0 Å². The smallest absolute Gasteiger partial charge is 0.262 e. The van der Waals surface area contributed by atoms with Gasteiger partial charge in [0, 0.05) is 6.54 Å². The molecule has 1 atom stereocenters. The highest BCUT2D eigenvalue weighted by Gasteiger charge is 2.21. The van der Waals surface area contributed by atoms with E-state index < -0.39 is 0 Å². The van der Waals surface area contributed by atoms with Gasteiger partial charge in [0.05, 0.1) is 21.0 Å². The molecule has 32 heavy (non-hydrogen) atoms. The number of allylic oxidation sites excluding steroid dienone is 2. The highest BCUT2D eigenvalue weighted by Crippen LogP contribution is 2.35. The van der Waals surface area contributed by atoms with Gasteiger partial charge in [-0.05, 0) is 62.6 Å². The maximum absolute atomic E-state index is 13.3. The number of fused-ring (bicyclic) bond motifs is 1. The predicted molar refractivity (Wildman–Crippen MR) is 129 cm³/mol. The third-order valence-electron chi connectivity index (χ3n) is 5.67. The van der Waals surface area contributed by atoms with Crippen molar-refractivity contribution >= 4 is 34.0 Å². The van der Waals surface area contributed by atoms with Gasteiger partial charge in [0.25, 0.3) is 11.4 Å². The molecule has 0 amide bonds. The number of hydrogen-bond donors (Lipinski definition) is 0. The Morgan fingerprint density at radius 2 is 2.09 bits per heavy atom. The van der Waals surface area contributed by atoms with E-state index in [1.807, 2.05) is 53.3 Å². The van der Waals surface area contributed by atoms with Crippen molar-refractivity contribution in [1.29, 1.82) is 0 Å². The monoisotopic (exact) mass is 464 g/mol. The van der Waals surface area contributed by atoms with Crippen LogP contribution in [0.1, 0.15) is 50.2 Å². The van der Waals surface area contributed by atoms with Gasteiger partial charge in [-0.25, -0.2) is 4.98 Å². The van der Waals surface area contributed by atoms with Crippen molar-refractivity contribution in [2.45, 2.75) is 56.0 Å². The van der Waals surface area contributed by atoms with Crippen molar-refractivity contribution < 1.29 is 4.42 Å². The lowest BCUT2D eigenvalue weighted by atomic mass is 9.97. The molecule has 8 heteroatoms. The minimum atomic E-state index is -0.135. The number of thiophene rings is 1. The summed E-state index contributed by atoms with van der Waals surface area (Å²) in [7, 11) is 0. The van der Waals surface area contributed by atoms with E-state index in [1.165, 1.54) is 30.2 Å². The number of nitrogens with zero attached hydrogens (tertiary/aromatic N) is 4. The fourth-order valence-corrected chi connectivity index (χ4v) is 5.54. The first kappa shape index (κ1) is 21.2. The highest BCUT2D eigenvalue weighted by molar-refractivity contribution is 7.99. The Bertz CT molecular complexity index is 1310. The van der Waals surface area contributed by atoms with Crippen molar-refractivity contribution in [1.82, 2.24) is 19.7 Å². The number of rotatable bonds is 7. The van der Waals surface area contributed by atoms with E-state index in [0.29, 0.717) is 34.4 Å². The lowest BCUT2D eigenvalue weighted by Crippen LogP contribution is -2.24. The number of thioether (sulfide) groups is 1. The topological polar surface area (TPSA) is 73.8 Å². The zero-order chi connectivity index (χ0) is 21.9. The molecule has 1 aromatic carbocycles. The van der Waals surface area contributed by atoms with Crippen LogP contribution in [0, 0.1) is 0 Å². The Kier molecular flexibility index (Phi) is 6.23. The van der Waals surface area contributed by atoms with Gasteiger partial charge in [-0.2, -0.15) is 0 Å².